The number of hydrazone groups is 1. The Morgan fingerprint density at radius 1 is 1.00 bits per heavy atom. The van der Waals surface area contributed by atoms with Crippen molar-refractivity contribution >= 4 is 23.5 Å². The Balaban J connectivity index is 1.61. The Morgan fingerprint density at radius 2 is 1.81 bits per heavy atom. The van der Waals surface area contributed by atoms with Crippen molar-refractivity contribution in [1.29, 1.82) is 0 Å². The van der Waals surface area contributed by atoms with Crippen LogP contribution in [-0.4, -0.2) is 6.21 Å². The Hall–Kier alpha value is -2.78. The molecule has 0 aliphatic heterocycles. The van der Waals surface area contributed by atoms with Crippen LogP contribution in [0.2, 0.25) is 5.02 Å². The normalized spacial score (nSPS) is 10.9. The van der Waals surface area contributed by atoms with Crippen molar-refractivity contribution in [3.63, 3.8) is 0 Å². The number of hydrogen-bond acceptors (Lipinski definition) is 3. The highest BCUT2D eigenvalue weighted by molar-refractivity contribution is 6.30. The summed E-state index contributed by atoms with van der Waals surface area (Å²) in [6.45, 7) is 4.74. The number of halogens is 1. The average Bonchev–Trinajstić information content (AvgIpc) is 2.64. The quantitative estimate of drug-likeness (QED) is 0.431. The molecule has 0 heterocycles. The molecule has 0 saturated heterocycles. The van der Waals surface area contributed by atoms with E-state index in [2.05, 4.69) is 42.6 Å². The maximum Gasteiger partial charge on any atom is 0.120 e. The number of anilines is 1. The van der Waals surface area contributed by atoms with Gasteiger partial charge < -0.3 is 4.74 Å². The maximum atomic E-state index is 5.95. The van der Waals surface area contributed by atoms with Crippen LogP contribution in [0.15, 0.2) is 71.8 Å². The van der Waals surface area contributed by atoms with E-state index in [1.165, 1.54) is 16.7 Å². The van der Waals surface area contributed by atoms with Crippen LogP contribution in [0.4, 0.5) is 5.69 Å². The van der Waals surface area contributed by atoms with E-state index in [4.69, 9.17) is 16.3 Å². The zero-order valence-electron chi connectivity index (χ0n) is 14.9. The first-order valence-electron chi connectivity index (χ1n) is 8.44. The number of nitrogens with one attached hydrogen (secondary N) is 1. The van der Waals surface area contributed by atoms with Crippen LogP contribution in [0.3, 0.4) is 0 Å². The molecule has 0 aromatic heterocycles. The van der Waals surface area contributed by atoms with Gasteiger partial charge >= 0.3 is 0 Å². The molecule has 3 rings (SSSR count). The highest BCUT2D eigenvalue weighted by Crippen LogP contribution is 2.17. The predicted molar refractivity (Wildman–Crippen MR) is 109 cm³/mol. The molecule has 0 aliphatic carbocycles. The van der Waals surface area contributed by atoms with Crippen molar-refractivity contribution in [1.82, 2.24) is 0 Å². The molecule has 3 aromatic rings. The first-order valence-corrected chi connectivity index (χ1v) is 8.81. The molecule has 0 aliphatic rings. The molecule has 0 bridgehead atoms. The third kappa shape index (κ3) is 5.11. The number of hydrogen-bond donors (Lipinski definition) is 1. The van der Waals surface area contributed by atoms with Gasteiger partial charge in [-0.2, -0.15) is 5.10 Å². The number of benzene rings is 3. The van der Waals surface area contributed by atoms with Crippen LogP contribution in [0.5, 0.6) is 5.75 Å². The molecule has 0 radical (unpaired) electrons. The summed E-state index contributed by atoms with van der Waals surface area (Å²) in [5.41, 5.74) is 8.50. The SMILES string of the molecule is Cc1ccc(C)c(COc2cccc(C=NNc3ccc(Cl)cc3)c2)c1. The zero-order chi connectivity index (χ0) is 18.4. The summed E-state index contributed by atoms with van der Waals surface area (Å²) >= 11 is 5.87. The summed E-state index contributed by atoms with van der Waals surface area (Å²) in [6, 6.07) is 21.7. The Labute approximate surface area is 159 Å². The highest BCUT2D eigenvalue weighted by Gasteiger charge is 2.01. The first kappa shape index (κ1) is 18.0. The maximum absolute atomic E-state index is 5.95. The van der Waals surface area contributed by atoms with Gasteiger partial charge in [0.25, 0.3) is 0 Å². The summed E-state index contributed by atoms with van der Waals surface area (Å²) < 4.78 is 5.95. The molecule has 132 valence electrons. The monoisotopic (exact) mass is 364 g/mol. The molecule has 0 fully saturated rings. The molecular formula is C22H21ClN2O. The van der Waals surface area contributed by atoms with E-state index in [9.17, 15) is 0 Å². The van der Waals surface area contributed by atoms with Crippen molar-refractivity contribution in [2.45, 2.75) is 20.5 Å². The number of rotatable bonds is 6. The van der Waals surface area contributed by atoms with Gasteiger partial charge in [-0.15, -0.1) is 0 Å². The van der Waals surface area contributed by atoms with Crippen LogP contribution in [0.25, 0.3) is 0 Å². The van der Waals surface area contributed by atoms with E-state index in [0.717, 1.165) is 17.0 Å². The Bertz CT molecular complexity index is 904. The summed E-state index contributed by atoms with van der Waals surface area (Å²) in [5, 5.41) is 4.96. The highest BCUT2D eigenvalue weighted by atomic mass is 35.5. The Kier molecular flexibility index (Phi) is 5.92. The lowest BCUT2D eigenvalue weighted by atomic mass is 10.1. The fraction of sp³-hybridized carbons (Fsp3) is 0.136. The molecule has 3 nitrogen and oxygen atoms in total. The lowest BCUT2D eigenvalue weighted by Crippen LogP contribution is -1.99. The largest absolute Gasteiger partial charge is 0.489 e. The number of aryl methyl sites for hydroxylation is 2. The van der Waals surface area contributed by atoms with Gasteiger partial charge in [-0.05, 0) is 66.9 Å². The van der Waals surface area contributed by atoms with Gasteiger partial charge in [-0.25, -0.2) is 0 Å². The third-order valence-corrected chi connectivity index (χ3v) is 4.26. The fourth-order valence-corrected chi connectivity index (χ4v) is 2.63. The van der Waals surface area contributed by atoms with Crippen LogP contribution >= 0.6 is 11.6 Å². The second-order valence-electron chi connectivity index (χ2n) is 6.17. The van der Waals surface area contributed by atoms with Gasteiger partial charge in [0.2, 0.25) is 0 Å². The average molecular weight is 365 g/mol. The minimum atomic E-state index is 0.553. The summed E-state index contributed by atoms with van der Waals surface area (Å²) in [5.74, 6) is 0.821. The van der Waals surface area contributed by atoms with E-state index in [0.29, 0.717) is 11.6 Å². The smallest absolute Gasteiger partial charge is 0.120 e. The fourth-order valence-electron chi connectivity index (χ4n) is 2.51. The summed E-state index contributed by atoms with van der Waals surface area (Å²) in [6.07, 6.45) is 1.76. The molecule has 4 heteroatoms. The lowest BCUT2D eigenvalue weighted by molar-refractivity contribution is 0.305. The molecule has 0 atom stereocenters. The topological polar surface area (TPSA) is 33.6 Å². The molecular weight excluding hydrogens is 344 g/mol. The van der Waals surface area contributed by atoms with Gasteiger partial charge in [0, 0.05) is 5.02 Å². The lowest BCUT2D eigenvalue weighted by Gasteiger charge is -2.10. The minimum Gasteiger partial charge on any atom is -0.489 e. The van der Waals surface area contributed by atoms with Gasteiger partial charge in [0.1, 0.15) is 12.4 Å². The predicted octanol–water partition coefficient (Wildman–Crippen LogP) is 5.98. The van der Waals surface area contributed by atoms with E-state index in [1.807, 2.05) is 48.5 Å². The molecule has 3 aromatic carbocycles. The van der Waals surface area contributed by atoms with Gasteiger partial charge in [-0.1, -0.05) is 47.5 Å². The minimum absolute atomic E-state index is 0.553. The standard InChI is InChI=1S/C22H21ClN2O/c1-16-6-7-17(2)19(12-16)15-26-22-5-3-4-18(13-22)14-24-25-21-10-8-20(23)9-11-21/h3-14,25H,15H2,1-2H3. The van der Waals surface area contributed by atoms with Crippen molar-refractivity contribution in [2.75, 3.05) is 5.43 Å². The molecule has 0 spiro atoms. The van der Waals surface area contributed by atoms with Crippen LogP contribution in [-0.2, 0) is 6.61 Å². The van der Waals surface area contributed by atoms with Crippen LogP contribution in [0, 0.1) is 13.8 Å². The third-order valence-electron chi connectivity index (χ3n) is 4.01. The van der Waals surface area contributed by atoms with Crippen LogP contribution in [0.1, 0.15) is 22.3 Å². The van der Waals surface area contributed by atoms with Gasteiger partial charge in [0.05, 0.1) is 11.9 Å². The van der Waals surface area contributed by atoms with E-state index in [1.54, 1.807) is 6.21 Å². The number of nitrogens with zero attached hydrogens (tertiary/aromatic N) is 1. The number of ether oxygens (including phenoxy) is 1. The molecule has 0 saturated carbocycles. The molecule has 0 unspecified atom stereocenters. The van der Waals surface area contributed by atoms with E-state index < -0.39 is 0 Å². The van der Waals surface area contributed by atoms with Crippen molar-refractivity contribution in [3.8, 4) is 5.75 Å². The molecule has 0 amide bonds. The zero-order valence-corrected chi connectivity index (χ0v) is 15.6. The first-order chi connectivity index (χ1) is 12.6. The van der Waals surface area contributed by atoms with Crippen LogP contribution < -0.4 is 10.2 Å². The van der Waals surface area contributed by atoms with Gasteiger partial charge in [-0.3, -0.25) is 5.43 Å². The van der Waals surface area contributed by atoms with Crippen molar-refractivity contribution in [3.05, 3.63) is 94.0 Å². The second kappa shape index (κ2) is 8.54. The summed E-state index contributed by atoms with van der Waals surface area (Å²) in [7, 11) is 0. The molecule has 26 heavy (non-hydrogen) atoms. The molecule has 1 N–H and O–H groups in total. The van der Waals surface area contributed by atoms with Gasteiger partial charge in [0.15, 0.2) is 0 Å². The van der Waals surface area contributed by atoms with E-state index in [-0.39, 0.29) is 0 Å². The summed E-state index contributed by atoms with van der Waals surface area (Å²) in [4.78, 5) is 0. The van der Waals surface area contributed by atoms with Crippen molar-refractivity contribution < 1.29 is 4.74 Å². The van der Waals surface area contributed by atoms with E-state index >= 15 is 0 Å². The Morgan fingerprint density at radius 3 is 2.62 bits per heavy atom. The second-order valence-corrected chi connectivity index (χ2v) is 6.60. The van der Waals surface area contributed by atoms with Crippen molar-refractivity contribution in [2.24, 2.45) is 5.10 Å².